The van der Waals surface area contributed by atoms with Crippen LogP contribution in [0.15, 0.2) is 12.1 Å². The van der Waals surface area contributed by atoms with E-state index in [1.54, 1.807) is 12.1 Å². The number of esters is 1. The fourth-order valence-electron chi connectivity index (χ4n) is 0.626. The van der Waals surface area contributed by atoms with E-state index in [1.807, 2.05) is 0 Å². The van der Waals surface area contributed by atoms with Gasteiger partial charge >= 0.3 is 5.97 Å². The van der Waals surface area contributed by atoms with Crippen LogP contribution in [0.25, 0.3) is 0 Å². The summed E-state index contributed by atoms with van der Waals surface area (Å²) in [5.74, 6) is 4.78. The zero-order valence-electron chi connectivity index (χ0n) is 6.37. The van der Waals surface area contributed by atoms with Crippen molar-refractivity contribution in [2.24, 2.45) is 5.84 Å². The molecule has 0 unspecified atom stereocenters. The Balaban J connectivity index is 0.00000121. The molecule has 0 spiro atoms. The fourth-order valence-corrected chi connectivity index (χ4v) is 1.36. The van der Waals surface area contributed by atoms with Gasteiger partial charge in [0.2, 0.25) is 0 Å². The number of halogens is 1. The molecule has 0 aromatic carbocycles. The first kappa shape index (κ1) is 11.2. The number of methoxy groups -OCH3 is 1. The van der Waals surface area contributed by atoms with Gasteiger partial charge in [0.05, 0.1) is 7.11 Å². The third-order valence-electron chi connectivity index (χ3n) is 1.13. The number of carbonyl (C=O) groups excluding carboxylic acids is 1. The Kier molecular flexibility index (Phi) is 4.65. The van der Waals surface area contributed by atoms with Crippen molar-refractivity contribution in [2.45, 2.75) is 0 Å². The van der Waals surface area contributed by atoms with E-state index in [4.69, 9.17) is 5.84 Å². The molecule has 4 nitrogen and oxygen atoms in total. The monoisotopic (exact) mass is 208 g/mol. The minimum absolute atomic E-state index is 0. The van der Waals surface area contributed by atoms with Gasteiger partial charge in [-0.15, -0.1) is 23.7 Å². The van der Waals surface area contributed by atoms with Crippen molar-refractivity contribution in [3.05, 3.63) is 17.0 Å². The lowest BCUT2D eigenvalue weighted by atomic mass is 10.5. The quantitative estimate of drug-likeness (QED) is 0.436. The Morgan fingerprint density at radius 3 is 2.75 bits per heavy atom. The number of ether oxygens (including phenoxy) is 1. The number of nitrogens with one attached hydrogen (secondary N) is 1. The SMILES string of the molecule is COC(=O)c1ccc(NN)s1.Cl. The number of rotatable bonds is 2. The second-order valence-corrected chi connectivity index (χ2v) is 2.88. The molecule has 6 heteroatoms. The molecule has 0 fully saturated rings. The van der Waals surface area contributed by atoms with Crippen LogP contribution in [0.2, 0.25) is 0 Å². The molecule has 1 heterocycles. The average Bonchev–Trinajstić information content (AvgIpc) is 2.50. The minimum atomic E-state index is -0.337. The summed E-state index contributed by atoms with van der Waals surface area (Å²) in [7, 11) is 1.34. The maximum Gasteiger partial charge on any atom is 0.348 e. The summed E-state index contributed by atoms with van der Waals surface area (Å²) < 4.78 is 4.50. The zero-order chi connectivity index (χ0) is 8.27. The van der Waals surface area contributed by atoms with Crippen molar-refractivity contribution in [3.8, 4) is 0 Å². The van der Waals surface area contributed by atoms with Gasteiger partial charge in [-0.1, -0.05) is 0 Å². The molecule has 0 aliphatic heterocycles. The Morgan fingerprint density at radius 2 is 2.33 bits per heavy atom. The highest BCUT2D eigenvalue weighted by molar-refractivity contribution is 7.17. The van der Waals surface area contributed by atoms with Crippen LogP contribution in [0.5, 0.6) is 0 Å². The number of anilines is 1. The number of nitrogen functional groups attached to an aromatic ring is 1. The van der Waals surface area contributed by atoms with E-state index < -0.39 is 0 Å². The highest BCUT2D eigenvalue weighted by Gasteiger charge is 2.07. The first-order valence-corrected chi connectivity index (χ1v) is 3.74. The summed E-state index contributed by atoms with van der Waals surface area (Å²) in [6, 6.07) is 3.38. The normalized spacial score (nSPS) is 8.50. The Labute approximate surface area is 80.1 Å². The molecule has 68 valence electrons. The molecule has 1 aromatic rings. The first-order chi connectivity index (χ1) is 5.27. The van der Waals surface area contributed by atoms with Gasteiger partial charge in [-0.25, -0.2) is 10.6 Å². The summed E-state index contributed by atoms with van der Waals surface area (Å²) in [6.07, 6.45) is 0. The van der Waals surface area contributed by atoms with Gasteiger partial charge in [0.1, 0.15) is 9.88 Å². The molecule has 1 rings (SSSR count). The molecule has 3 N–H and O–H groups in total. The van der Waals surface area contributed by atoms with Gasteiger partial charge in [-0.05, 0) is 12.1 Å². The summed E-state index contributed by atoms with van der Waals surface area (Å²) in [5.41, 5.74) is 2.44. The van der Waals surface area contributed by atoms with Gasteiger partial charge in [0.25, 0.3) is 0 Å². The molecule has 0 saturated carbocycles. The maximum absolute atomic E-state index is 10.9. The zero-order valence-corrected chi connectivity index (χ0v) is 8.00. The topological polar surface area (TPSA) is 64.3 Å². The molecule has 12 heavy (non-hydrogen) atoms. The predicted molar refractivity (Wildman–Crippen MR) is 50.7 cm³/mol. The number of hydrazine groups is 1. The van der Waals surface area contributed by atoms with E-state index in [-0.39, 0.29) is 18.4 Å². The van der Waals surface area contributed by atoms with Gasteiger partial charge in [-0.3, -0.25) is 0 Å². The number of nitrogens with two attached hydrogens (primary N) is 1. The van der Waals surface area contributed by atoms with E-state index in [9.17, 15) is 4.79 Å². The molecule has 0 aliphatic rings. The molecule has 0 atom stereocenters. The van der Waals surface area contributed by atoms with Gasteiger partial charge < -0.3 is 10.2 Å². The van der Waals surface area contributed by atoms with E-state index in [2.05, 4.69) is 10.2 Å². The molecule has 0 radical (unpaired) electrons. The number of hydrogen-bond donors (Lipinski definition) is 2. The largest absolute Gasteiger partial charge is 0.465 e. The third kappa shape index (κ3) is 2.37. The predicted octanol–water partition coefficient (Wildman–Crippen LogP) is 1.24. The van der Waals surface area contributed by atoms with Crippen molar-refractivity contribution < 1.29 is 9.53 Å². The van der Waals surface area contributed by atoms with Crippen LogP contribution in [0.3, 0.4) is 0 Å². The summed E-state index contributed by atoms with van der Waals surface area (Å²) >= 11 is 1.25. The van der Waals surface area contributed by atoms with E-state index in [0.29, 0.717) is 4.88 Å². The van der Waals surface area contributed by atoms with Crippen molar-refractivity contribution in [1.82, 2.24) is 0 Å². The fraction of sp³-hybridized carbons (Fsp3) is 0.167. The van der Waals surface area contributed by atoms with Gasteiger partial charge in [-0.2, -0.15) is 0 Å². The van der Waals surface area contributed by atoms with Crippen LogP contribution in [-0.2, 0) is 4.74 Å². The van der Waals surface area contributed by atoms with Crippen molar-refractivity contribution in [1.29, 1.82) is 0 Å². The van der Waals surface area contributed by atoms with Crippen molar-refractivity contribution >= 4 is 34.7 Å². The first-order valence-electron chi connectivity index (χ1n) is 2.92. The van der Waals surface area contributed by atoms with Crippen molar-refractivity contribution in [3.63, 3.8) is 0 Å². The highest BCUT2D eigenvalue weighted by atomic mass is 35.5. The van der Waals surface area contributed by atoms with Gasteiger partial charge in [0, 0.05) is 0 Å². The van der Waals surface area contributed by atoms with Crippen LogP contribution in [0, 0.1) is 0 Å². The van der Waals surface area contributed by atoms with Crippen molar-refractivity contribution in [2.75, 3.05) is 12.5 Å². The van der Waals surface area contributed by atoms with Crippen LogP contribution < -0.4 is 11.3 Å². The number of hydrogen-bond acceptors (Lipinski definition) is 5. The van der Waals surface area contributed by atoms with Crippen LogP contribution in [-0.4, -0.2) is 13.1 Å². The third-order valence-corrected chi connectivity index (χ3v) is 2.13. The molecule has 0 bridgehead atoms. The van der Waals surface area contributed by atoms with Crippen LogP contribution >= 0.6 is 23.7 Å². The summed E-state index contributed by atoms with van der Waals surface area (Å²) in [5, 5.41) is 0.741. The summed E-state index contributed by atoms with van der Waals surface area (Å²) in [4.78, 5) is 11.4. The lowest BCUT2D eigenvalue weighted by molar-refractivity contribution is 0.0606. The average molecular weight is 209 g/mol. The standard InChI is InChI=1S/C6H8N2O2S.ClH/c1-10-6(9)4-2-3-5(8-7)11-4;/h2-3,8H,7H2,1H3;1H. The van der Waals surface area contributed by atoms with E-state index >= 15 is 0 Å². The molecule has 0 amide bonds. The van der Waals surface area contributed by atoms with Crippen LogP contribution in [0.4, 0.5) is 5.00 Å². The van der Waals surface area contributed by atoms with E-state index in [1.165, 1.54) is 18.4 Å². The Morgan fingerprint density at radius 1 is 1.67 bits per heavy atom. The lowest BCUT2D eigenvalue weighted by Gasteiger charge is -1.92. The van der Waals surface area contributed by atoms with Crippen LogP contribution in [0.1, 0.15) is 9.67 Å². The summed E-state index contributed by atoms with van der Waals surface area (Å²) in [6.45, 7) is 0. The Hall–Kier alpha value is -0.780. The van der Waals surface area contributed by atoms with E-state index in [0.717, 1.165) is 5.00 Å². The lowest BCUT2D eigenvalue weighted by Crippen LogP contribution is -2.04. The number of thiophene rings is 1. The number of carbonyl (C=O) groups is 1. The molecular weight excluding hydrogens is 200 g/mol. The Bertz CT molecular complexity index is 264. The molecule has 0 aliphatic carbocycles. The highest BCUT2D eigenvalue weighted by Crippen LogP contribution is 2.20. The minimum Gasteiger partial charge on any atom is -0.465 e. The molecular formula is C6H9ClN2O2S. The van der Waals surface area contributed by atoms with Gasteiger partial charge in [0.15, 0.2) is 0 Å². The maximum atomic E-state index is 10.9. The smallest absolute Gasteiger partial charge is 0.348 e. The second-order valence-electron chi connectivity index (χ2n) is 1.80. The molecule has 1 aromatic heterocycles. The molecule has 0 saturated heterocycles. The second kappa shape index (κ2) is 4.97.